The summed E-state index contributed by atoms with van der Waals surface area (Å²) in [6.07, 6.45) is 0. The van der Waals surface area contributed by atoms with Crippen LogP contribution < -0.4 is 5.32 Å². The van der Waals surface area contributed by atoms with Gasteiger partial charge in [0, 0.05) is 5.38 Å². The van der Waals surface area contributed by atoms with Crippen LogP contribution in [-0.2, 0) is 0 Å². The number of nitrogens with one attached hydrogen (secondary N) is 1. The molecular formula is C7H11FN2S. The van der Waals surface area contributed by atoms with Crippen LogP contribution in [0.4, 0.5) is 4.39 Å². The average molecular weight is 174 g/mol. The van der Waals surface area contributed by atoms with E-state index in [9.17, 15) is 4.39 Å². The van der Waals surface area contributed by atoms with Crippen molar-refractivity contribution in [1.82, 2.24) is 10.3 Å². The molecule has 0 bridgehead atoms. The Morgan fingerprint density at radius 3 is 3.09 bits per heavy atom. The summed E-state index contributed by atoms with van der Waals surface area (Å²) in [6.45, 7) is 2.33. The number of hydrogen-bond acceptors (Lipinski definition) is 3. The van der Waals surface area contributed by atoms with Crippen molar-refractivity contribution in [2.45, 2.75) is 13.0 Å². The maximum absolute atomic E-state index is 12.3. The van der Waals surface area contributed by atoms with Crippen LogP contribution in [0.15, 0.2) is 10.9 Å². The zero-order valence-electron chi connectivity index (χ0n) is 6.38. The molecule has 1 aromatic heterocycles. The molecule has 0 aliphatic heterocycles. The first-order chi connectivity index (χ1) is 5.38. The summed E-state index contributed by atoms with van der Waals surface area (Å²) in [5.74, 6) is 0. The Morgan fingerprint density at radius 2 is 2.64 bits per heavy atom. The minimum atomic E-state index is -0.391. The first kappa shape index (κ1) is 8.62. The van der Waals surface area contributed by atoms with E-state index in [2.05, 4.69) is 10.3 Å². The van der Waals surface area contributed by atoms with E-state index in [-0.39, 0.29) is 6.04 Å². The molecule has 1 N–H and O–H groups in total. The predicted octanol–water partition coefficient (Wildman–Crippen LogP) is 1.76. The molecule has 4 heteroatoms. The Labute approximate surface area is 69.5 Å². The molecule has 0 saturated carbocycles. The lowest BCUT2D eigenvalue weighted by Gasteiger charge is -2.09. The summed E-state index contributed by atoms with van der Waals surface area (Å²) in [4.78, 5) is 4.02. The molecule has 0 fully saturated rings. The van der Waals surface area contributed by atoms with Gasteiger partial charge in [0.25, 0.3) is 0 Å². The van der Waals surface area contributed by atoms with E-state index in [1.165, 1.54) is 11.3 Å². The summed E-state index contributed by atoms with van der Waals surface area (Å²) in [7, 11) is 0. The SMILES string of the molecule is CCNC(CF)c1cscn1. The highest BCUT2D eigenvalue weighted by molar-refractivity contribution is 7.07. The lowest BCUT2D eigenvalue weighted by Crippen LogP contribution is -2.22. The molecule has 0 aromatic carbocycles. The minimum Gasteiger partial charge on any atom is -0.307 e. The summed E-state index contributed by atoms with van der Waals surface area (Å²) in [5.41, 5.74) is 2.52. The molecule has 1 aromatic rings. The van der Waals surface area contributed by atoms with E-state index in [1.807, 2.05) is 12.3 Å². The van der Waals surface area contributed by atoms with Gasteiger partial charge in [0.15, 0.2) is 0 Å². The second-order valence-electron chi connectivity index (χ2n) is 2.18. The van der Waals surface area contributed by atoms with Crippen LogP contribution in [0.3, 0.4) is 0 Å². The number of halogens is 1. The van der Waals surface area contributed by atoms with E-state index in [1.54, 1.807) is 5.51 Å². The molecule has 0 aliphatic rings. The Bertz CT molecular complexity index is 188. The number of alkyl halides is 1. The standard InChI is InChI=1S/C7H11FN2S/c1-2-9-6(3-8)7-4-11-5-10-7/h4-6,9H,2-3H2,1H3. The highest BCUT2D eigenvalue weighted by atomic mass is 32.1. The van der Waals surface area contributed by atoms with Crippen molar-refractivity contribution in [1.29, 1.82) is 0 Å². The van der Waals surface area contributed by atoms with Crippen LogP contribution in [0.5, 0.6) is 0 Å². The van der Waals surface area contributed by atoms with E-state index >= 15 is 0 Å². The number of aromatic nitrogens is 1. The van der Waals surface area contributed by atoms with Crippen molar-refractivity contribution < 1.29 is 4.39 Å². The number of thiazole rings is 1. The molecule has 1 unspecified atom stereocenters. The molecule has 0 radical (unpaired) electrons. The summed E-state index contributed by atoms with van der Waals surface area (Å²) in [5, 5.41) is 4.87. The monoisotopic (exact) mass is 174 g/mol. The van der Waals surface area contributed by atoms with Crippen molar-refractivity contribution in [2.75, 3.05) is 13.2 Å². The first-order valence-electron chi connectivity index (χ1n) is 3.56. The Hall–Kier alpha value is -0.480. The third kappa shape index (κ3) is 2.24. The lowest BCUT2D eigenvalue weighted by molar-refractivity contribution is 0.383. The van der Waals surface area contributed by atoms with Gasteiger partial charge in [-0.3, -0.25) is 0 Å². The Balaban J connectivity index is 2.56. The topological polar surface area (TPSA) is 24.9 Å². The molecule has 0 spiro atoms. The van der Waals surface area contributed by atoms with Gasteiger partial charge in [-0.2, -0.15) is 0 Å². The molecule has 1 heterocycles. The average Bonchev–Trinajstić information content (AvgIpc) is 2.52. The zero-order chi connectivity index (χ0) is 8.10. The first-order valence-corrected chi connectivity index (χ1v) is 4.50. The molecule has 0 saturated heterocycles. The molecule has 2 nitrogen and oxygen atoms in total. The molecule has 0 aliphatic carbocycles. The van der Waals surface area contributed by atoms with Gasteiger partial charge in [-0.15, -0.1) is 11.3 Å². The van der Waals surface area contributed by atoms with Crippen LogP contribution in [0, 0.1) is 0 Å². The fourth-order valence-electron chi connectivity index (χ4n) is 0.879. The third-order valence-corrected chi connectivity index (χ3v) is 2.02. The molecule has 1 rings (SSSR count). The van der Waals surface area contributed by atoms with E-state index in [0.29, 0.717) is 0 Å². The fraction of sp³-hybridized carbons (Fsp3) is 0.571. The molecule has 1 atom stereocenters. The highest BCUT2D eigenvalue weighted by Gasteiger charge is 2.10. The van der Waals surface area contributed by atoms with Crippen LogP contribution in [0.2, 0.25) is 0 Å². The van der Waals surface area contributed by atoms with Gasteiger partial charge in [-0.1, -0.05) is 6.92 Å². The quantitative estimate of drug-likeness (QED) is 0.752. The molecule has 62 valence electrons. The minimum absolute atomic E-state index is 0.216. The van der Waals surface area contributed by atoms with Gasteiger partial charge in [-0.05, 0) is 6.54 Å². The van der Waals surface area contributed by atoms with Crippen LogP contribution in [0.25, 0.3) is 0 Å². The van der Waals surface area contributed by atoms with E-state index in [0.717, 1.165) is 12.2 Å². The van der Waals surface area contributed by atoms with Gasteiger partial charge < -0.3 is 5.32 Å². The lowest BCUT2D eigenvalue weighted by atomic mass is 10.2. The fourth-order valence-corrected chi connectivity index (χ4v) is 1.49. The third-order valence-electron chi connectivity index (χ3n) is 1.41. The van der Waals surface area contributed by atoms with Gasteiger partial charge in [0.1, 0.15) is 6.67 Å². The van der Waals surface area contributed by atoms with Gasteiger partial charge in [0.05, 0.1) is 17.2 Å². The Kier molecular flexibility index (Phi) is 3.45. The molecule has 0 amide bonds. The number of rotatable bonds is 4. The number of hydrogen-bond donors (Lipinski definition) is 1. The van der Waals surface area contributed by atoms with Crippen LogP contribution in [0.1, 0.15) is 18.7 Å². The van der Waals surface area contributed by atoms with Crippen molar-refractivity contribution >= 4 is 11.3 Å². The molecular weight excluding hydrogens is 163 g/mol. The Morgan fingerprint density at radius 1 is 1.82 bits per heavy atom. The largest absolute Gasteiger partial charge is 0.307 e. The zero-order valence-corrected chi connectivity index (χ0v) is 7.20. The van der Waals surface area contributed by atoms with Crippen molar-refractivity contribution in [3.05, 3.63) is 16.6 Å². The maximum Gasteiger partial charge on any atom is 0.110 e. The predicted molar refractivity (Wildman–Crippen MR) is 44.5 cm³/mol. The van der Waals surface area contributed by atoms with Crippen LogP contribution >= 0.6 is 11.3 Å². The van der Waals surface area contributed by atoms with Gasteiger partial charge in [0.2, 0.25) is 0 Å². The second-order valence-corrected chi connectivity index (χ2v) is 2.90. The van der Waals surface area contributed by atoms with E-state index < -0.39 is 6.67 Å². The van der Waals surface area contributed by atoms with Crippen molar-refractivity contribution in [2.24, 2.45) is 0 Å². The summed E-state index contributed by atoms with van der Waals surface area (Å²) >= 11 is 1.49. The van der Waals surface area contributed by atoms with Gasteiger partial charge in [-0.25, -0.2) is 9.37 Å². The smallest absolute Gasteiger partial charge is 0.110 e. The summed E-state index contributed by atoms with van der Waals surface area (Å²) in [6, 6.07) is -0.216. The van der Waals surface area contributed by atoms with Crippen molar-refractivity contribution in [3.8, 4) is 0 Å². The van der Waals surface area contributed by atoms with E-state index in [4.69, 9.17) is 0 Å². The van der Waals surface area contributed by atoms with Gasteiger partial charge >= 0.3 is 0 Å². The number of nitrogens with zero attached hydrogens (tertiary/aromatic N) is 1. The van der Waals surface area contributed by atoms with Crippen molar-refractivity contribution in [3.63, 3.8) is 0 Å². The van der Waals surface area contributed by atoms with Crippen LogP contribution in [-0.4, -0.2) is 18.2 Å². The second kappa shape index (κ2) is 4.41. The highest BCUT2D eigenvalue weighted by Crippen LogP contribution is 2.12. The normalized spacial score (nSPS) is 13.3. The molecule has 11 heavy (non-hydrogen) atoms. The summed E-state index contributed by atoms with van der Waals surface area (Å²) < 4.78 is 12.3. The maximum atomic E-state index is 12.3.